The van der Waals surface area contributed by atoms with E-state index < -0.39 is 5.41 Å². The van der Waals surface area contributed by atoms with E-state index in [4.69, 9.17) is 0 Å². The smallest absolute Gasteiger partial charge is 0.242 e. The zero-order chi connectivity index (χ0) is 37.6. The molecule has 0 saturated heterocycles. The van der Waals surface area contributed by atoms with Crippen molar-refractivity contribution < 1.29 is 0 Å². The number of rotatable bonds is 4. The van der Waals surface area contributed by atoms with Gasteiger partial charge >= 0.3 is 0 Å². The van der Waals surface area contributed by atoms with E-state index in [-0.39, 0.29) is 17.5 Å². The Balaban J connectivity index is 1.38. The highest BCUT2D eigenvalue weighted by atomic mass is 15.2. The summed E-state index contributed by atoms with van der Waals surface area (Å²) in [6.07, 6.45) is 0. The number of fused-ring (bicyclic) bond motifs is 6. The van der Waals surface area contributed by atoms with Crippen molar-refractivity contribution in [3.05, 3.63) is 176 Å². The van der Waals surface area contributed by atoms with Crippen molar-refractivity contribution in [3.8, 4) is 0 Å². The normalized spacial score (nSPS) is 17.2. The molecule has 0 fully saturated rings. The van der Waals surface area contributed by atoms with Crippen molar-refractivity contribution in [1.29, 1.82) is 0 Å². The summed E-state index contributed by atoms with van der Waals surface area (Å²) in [4.78, 5) is 2.71. The van der Waals surface area contributed by atoms with Gasteiger partial charge in [-0.25, -0.2) is 0 Å². The Morgan fingerprint density at radius 3 is 1.17 bits per heavy atom. The van der Waals surface area contributed by atoms with Gasteiger partial charge in [-0.3, -0.25) is 0 Å². The van der Waals surface area contributed by atoms with E-state index in [1.807, 2.05) is 0 Å². The van der Waals surface area contributed by atoms with Crippen LogP contribution in [-0.4, -0.2) is 6.71 Å². The van der Waals surface area contributed by atoms with Crippen LogP contribution in [0.4, 0.5) is 17.1 Å². The number of nitrogens with zero attached hydrogens (tertiary/aromatic N) is 1. The first-order valence-corrected chi connectivity index (χ1v) is 20.4. The third-order valence-corrected chi connectivity index (χ3v) is 14.1. The second-order valence-electron chi connectivity index (χ2n) is 18.6. The topological polar surface area (TPSA) is 3.24 Å². The van der Waals surface area contributed by atoms with Gasteiger partial charge < -0.3 is 4.90 Å². The largest absolute Gasteiger partial charge is 0.309 e. The Morgan fingerprint density at radius 1 is 0.426 bits per heavy atom. The van der Waals surface area contributed by atoms with Crippen molar-refractivity contribution in [2.24, 2.45) is 0 Å². The van der Waals surface area contributed by atoms with Gasteiger partial charge in [-0.2, -0.15) is 0 Å². The van der Waals surface area contributed by atoms with Crippen LogP contribution >= 0.6 is 0 Å². The van der Waals surface area contributed by atoms with E-state index in [0.717, 1.165) is 0 Å². The maximum atomic E-state index is 2.71. The molecule has 1 spiro atoms. The van der Waals surface area contributed by atoms with E-state index in [0.29, 0.717) is 17.8 Å². The molecule has 4 aliphatic rings. The van der Waals surface area contributed by atoms with Crippen LogP contribution in [0.2, 0.25) is 0 Å². The van der Waals surface area contributed by atoms with Crippen LogP contribution in [0, 0.1) is 0 Å². The maximum absolute atomic E-state index is 2.71. The predicted molar refractivity (Wildman–Crippen MR) is 231 cm³/mol. The van der Waals surface area contributed by atoms with Crippen LogP contribution < -0.4 is 21.3 Å². The first-order valence-electron chi connectivity index (χ1n) is 20.4. The summed E-state index contributed by atoms with van der Waals surface area (Å²) in [6, 6.07) is 45.8. The molecule has 4 heterocycles. The summed E-state index contributed by atoms with van der Waals surface area (Å²) >= 11 is 0. The minimum atomic E-state index is -0.499. The van der Waals surface area contributed by atoms with Gasteiger partial charge in [-0.15, -0.1) is 0 Å². The average Bonchev–Trinajstić information content (AvgIpc) is 3.16. The van der Waals surface area contributed by atoms with Crippen molar-refractivity contribution >= 4 is 40.2 Å². The van der Waals surface area contributed by atoms with Crippen molar-refractivity contribution in [2.75, 3.05) is 4.90 Å². The summed E-state index contributed by atoms with van der Waals surface area (Å²) in [5.74, 6) is 1.27. The van der Waals surface area contributed by atoms with Gasteiger partial charge in [-0.1, -0.05) is 201 Å². The minimum absolute atomic E-state index is 0.122. The minimum Gasteiger partial charge on any atom is -0.309 e. The van der Waals surface area contributed by atoms with Gasteiger partial charge in [0.25, 0.3) is 0 Å². The highest BCUT2D eigenvalue weighted by molar-refractivity contribution is 6.97. The molecule has 0 aromatic heterocycles. The fraction of sp³-hybridized carbons (Fsp3) is 0.308. The number of hydrogen-bond donors (Lipinski definition) is 0. The molecule has 10 rings (SSSR count). The maximum Gasteiger partial charge on any atom is 0.242 e. The molecule has 2 heteroatoms. The van der Waals surface area contributed by atoms with Crippen LogP contribution in [0.5, 0.6) is 0 Å². The average molecular weight is 702 g/mol. The van der Waals surface area contributed by atoms with E-state index in [1.165, 1.54) is 94.6 Å². The summed E-state index contributed by atoms with van der Waals surface area (Å²) in [5.41, 5.74) is 23.5. The van der Waals surface area contributed by atoms with E-state index in [2.05, 4.69) is 189 Å². The third kappa shape index (κ3) is 3.97. The molecule has 6 aromatic rings. The van der Waals surface area contributed by atoms with Gasteiger partial charge in [0.15, 0.2) is 0 Å². The fourth-order valence-electron chi connectivity index (χ4n) is 11.5. The van der Waals surface area contributed by atoms with Gasteiger partial charge in [0.1, 0.15) is 0 Å². The zero-order valence-corrected chi connectivity index (χ0v) is 33.7. The molecule has 0 bridgehead atoms. The monoisotopic (exact) mass is 701 g/mol. The highest BCUT2D eigenvalue weighted by Crippen LogP contribution is 2.68. The van der Waals surface area contributed by atoms with Gasteiger partial charge in [0.2, 0.25) is 6.71 Å². The molecule has 0 saturated carbocycles. The van der Waals surface area contributed by atoms with Gasteiger partial charge in [0, 0.05) is 10.8 Å². The molecule has 4 aliphatic heterocycles. The first kappa shape index (κ1) is 33.7. The lowest BCUT2D eigenvalue weighted by atomic mass is 9.29. The van der Waals surface area contributed by atoms with Crippen molar-refractivity contribution in [2.45, 2.75) is 103 Å². The second-order valence-corrected chi connectivity index (χ2v) is 18.6. The fourth-order valence-corrected chi connectivity index (χ4v) is 11.5. The molecule has 0 aliphatic carbocycles. The Hall–Kier alpha value is -4.82. The molecule has 268 valence electrons. The SMILES string of the molecule is CC(C)c1cc(C(C)C)c(B2c3ccccc3C3(c4ccccc42)c2cccc4c2N2c5c(cccc5C(C)(C)c5cccc3c52)C4(C)C)c(C(C)C)c1. The molecular weight excluding hydrogens is 649 g/mol. The molecule has 0 unspecified atom stereocenters. The molecule has 0 amide bonds. The second kappa shape index (κ2) is 11.1. The summed E-state index contributed by atoms with van der Waals surface area (Å²) in [7, 11) is 0. The third-order valence-electron chi connectivity index (χ3n) is 14.1. The van der Waals surface area contributed by atoms with E-state index in [1.54, 1.807) is 0 Å². The van der Waals surface area contributed by atoms with Gasteiger partial charge in [-0.05, 0) is 79.0 Å². The Labute approximate surface area is 323 Å². The van der Waals surface area contributed by atoms with Crippen LogP contribution in [0.15, 0.2) is 115 Å². The van der Waals surface area contributed by atoms with Crippen LogP contribution in [0.25, 0.3) is 0 Å². The van der Waals surface area contributed by atoms with E-state index in [9.17, 15) is 0 Å². The molecular formula is C52H52BN. The molecule has 6 aromatic carbocycles. The number of anilines is 3. The predicted octanol–water partition coefficient (Wildman–Crippen LogP) is 11.3. The zero-order valence-electron chi connectivity index (χ0n) is 33.7. The lowest BCUT2D eigenvalue weighted by molar-refractivity contribution is 0.583. The van der Waals surface area contributed by atoms with Crippen LogP contribution in [-0.2, 0) is 16.2 Å². The number of para-hydroxylation sites is 3. The Morgan fingerprint density at radius 2 is 0.778 bits per heavy atom. The van der Waals surface area contributed by atoms with Crippen molar-refractivity contribution in [1.82, 2.24) is 0 Å². The lowest BCUT2D eigenvalue weighted by Crippen LogP contribution is -2.64. The quantitative estimate of drug-likeness (QED) is 0.165. The molecule has 0 atom stereocenters. The van der Waals surface area contributed by atoms with Gasteiger partial charge in [0.05, 0.1) is 22.5 Å². The van der Waals surface area contributed by atoms with E-state index >= 15 is 0 Å². The summed E-state index contributed by atoms with van der Waals surface area (Å²) in [6.45, 7) is 24.2. The Kier molecular flexibility index (Phi) is 6.95. The van der Waals surface area contributed by atoms with Crippen LogP contribution in [0.3, 0.4) is 0 Å². The molecule has 0 N–H and O–H groups in total. The lowest BCUT2D eigenvalue weighted by Gasteiger charge is -2.57. The summed E-state index contributed by atoms with van der Waals surface area (Å²) in [5, 5.41) is 0. The standard InChI is InChI=1S/C52H52BN/c1-30(2)33-28-34(31(3)4)46(35(29-33)32(5)6)53-44-26-13-11-18-36(44)52(37-19-12-14-27-45(37)53)42-24-16-22-40-48(42)54-47-38(50(40,7)8)20-15-21-39(47)51(9,10)41-23-17-25-43(52)49(41)54/h11-32H,1-10H3. The molecule has 54 heavy (non-hydrogen) atoms. The summed E-state index contributed by atoms with van der Waals surface area (Å²) < 4.78 is 0. The first-order chi connectivity index (χ1) is 25.8. The number of hydrogen-bond acceptors (Lipinski definition) is 1. The molecule has 1 nitrogen and oxygen atoms in total. The highest BCUT2D eigenvalue weighted by Gasteiger charge is 2.58. The van der Waals surface area contributed by atoms with Crippen LogP contribution in [0.1, 0.15) is 148 Å². The van der Waals surface area contributed by atoms with Crippen molar-refractivity contribution in [3.63, 3.8) is 0 Å². The molecule has 0 radical (unpaired) electrons. The Bertz CT molecular complexity index is 2400. The number of benzene rings is 6.